The normalized spacial score (nSPS) is 21.2. The Balaban J connectivity index is 1.70. The van der Waals surface area contributed by atoms with Gasteiger partial charge in [-0.2, -0.15) is 11.8 Å². The Morgan fingerprint density at radius 1 is 1.52 bits per heavy atom. The van der Waals surface area contributed by atoms with Crippen LogP contribution < -0.4 is 10.6 Å². The molecule has 21 heavy (non-hydrogen) atoms. The highest BCUT2D eigenvalue weighted by Gasteiger charge is 2.27. The Labute approximate surface area is 126 Å². The van der Waals surface area contributed by atoms with Crippen molar-refractivity contribution >= 4 is 23.8 Å². The van der Waals surface area contributed by atoms with Crippen molar-refractivity contribution in [3.05, 3.63) is 11.9 Å². The molecule has 2 unspecified atom stereocenters. The van der Waals surface area contributed by atoms with Gasteiger partial charge in [-0.05, 0) is 19.1 Å². The summed E-state index contributed by atoms with van der Waals surface area (Å²) in [5.74, 6) is -1.11. The van der Waals surface area contributed by atoms with Crippen LogP contribution in [0.15, 0.2) is 6.20 Å². The van der Waals surface area contributed by atoms with Crippen LogP contribution in [0.3, 0.4) is 0 Å². The Morgan fingerprint density at radius 3 is 3.00 bits per heavy atom. The monoisotopic (exact) mass is 313 g/mol. The SMILES string of the molecule is CSC1CCCC1NC(=O)NCCn1cc(C(=O)O)nn1. The minimum absolute atomic E-state index is 0.104. The Kier molecular flexibility index (Phi) is 5.43. The summed E-state index contributed by atoms with van der Waals surface area (Å²) in [7, 11) is 0. The number of aromatic nitrogens is 3. The summed E-state index contributed by atoms with van der Waals surface area (Å²) in [5.41, 5.74) is -0.104. The van der Waals surface area contributed by atoms with Gasteiger partial charge in [0.2, 0.25) is 0 Å². The zero-order chi connectivity index (χ0) is 15.2. The lowest BCUT2D eigenvalue weighted by Gasteiger charge is -2.19. The summed E-state index contributed by atoms with van der Waals surface area (Å²) in [6.45, 7) is 0.745. The molecule has 0 aliphatic heterocycles. The first-order chi connectivity index (χ1) is 10.1. The van der Waals surface area contributed by atoms with Crippen LogP contribution in [0.2, 0.25) is 0 Å². The van der Waals surface area contributed by atoms with E-state index in [4.69, 9.17) is 5.11 Å². The van der Waals surface area contributed by atoms with Crippen molar-refractivity contribution in [1.82, 2.24) is 25.6 Å². The summed E-state index contributed by atoms with van der Waals surface area (Å²) >= 11 is 1.79. The van der Waals surface area contributed by atoms with Crippen molar-refractivity contribution in [1.29, 1.82) is 0 Å². The number of hydrogen-bond acceptors (Lipinski definition) is 5. The van der Waals surface area contributed by atoms with E-state index in [1.54, 1.807) is 11.8 Å². The molecule has 0 aromatic carbocycles. The highest BCUT2D eigenvalue weighted by Crippen LogP contribution is 2.28. The van der Waals surface area contributed by atoms with Crippen molar-refractivity contribution in [3.8, 4) is 0 Å². The van der Waals surface area contributed by atoms with Crippen LogP contribution in [0.5, 0.6) is 0 Å². The molecule has 1 aromatic rings. The number of carboxylic acid groups (broad SMARTS) is 1. The number of carboxylic acids is 1. The van der Waals surface area contributed by atoms with E-state index < -0.39 is 5.97 Å². The fourth-order valence-corrected chi connectivity index (χ4v) is 3.32. The van der Waals surface area contributed by atoms with Gasteiger partial charge in [-0.15, -0.1) is 5.10 Å². The number of hydrogen-bond donors (Lipinski definition) is 3. The van der Waals surface area contributed by atoms with E-state index in [1.165, 1.54) is 10.9 Å². The highest BCUT2D eigenvalue weighted by molar-refractivity contribution is 7.99. The number of carbonyl (C=O) groups excluding carboxylic acids is 1. The third-order valence-corrected chi connectivity index (χ3v) is 4.63. The minimum atomic E-state index is -1.11. The largest absolute Gasteiger partial charge is 0.476 e. The third-order valence-electron chi connectivity index (χ3n) is 3.46. The molecule has 3 N–H and O–H groups in total. The second-order valence-corrected chi connectivity index (χ2v) is 5.96. The lowest BCUT2D eigenvalue weighted by atomic mass is 10.2. The maximum atomic E-state index is 11.8. The van der Waals surface area contributed by atoms with Crippen molar-refractivity contribution in [2.24, 2.45) is 0 Å². The van der Waals surface area contributed by atoms with Crippen LogP contribution in [0.4, 0.5) is 4.79 Å². The van der Waals surface area contributed by atoms with Crippen molar-refractivity contribution in [2.45, 2.75) is 37.1 Å². The predicted octanol–water partition coefficient (Wildman–Crippen LogP) is 0.560. The first-order valence-electron chi connectivity index (χ1n) is 6.80. The molecule has 9 heteroatoms. The van der Waals surface area contributed by atoms with Gasteiger partial charge >= 0.3 is 12.0 Å². The molecule has 2 rings (SSSR count). The number of carbonyl (C=O) groups is 2. The summed E-state index contributed by atoms with van der Waals surface area (Å²) in [6, 6.07) is 0.0320. The zero-order valence-electron chi connectivity index (χ0n) is 11.8. The van der Waals surface area contributed by atoms with Gasteiger partial charge < -0.3 is 15.7 Å². The van der Waals surface area contributed by atoms with Gasteiger partial charge in [0.05, 0.1) is 12.7 Å². The smallest absolute Gasteiger partial charge is 0.358 e. The Bertz CT molecular complexity index is 507. The summed E-state index contributed by atoms with van der Waals surface area (Å²) in [6.07, 6.45) is 6.70. The molecule has 8 nitrogen and oxygen atoms in total. The second kappa shape index (κ2) is 7.30. The molecule has 0 saturated heterocycles. The molecule has 1 heterocycles. The molecule has 1 aliphatic rings. The fraction of sp³-hybridized carbons (Fsp3) is 0.667. The third kappa shape index (κ3) is 4.35. The molecular formula is C12H19N5O3S. The molecule has 1 saturated carbocycles. The molecule has 1 fully saturated rings. The number of urea groups is 1. The quantitative estimate of drug-likeness (QED) is 0.708. The van der Waals surface area contributed by atoms with E-state index in [2.05, 4.69) is 27.2 Å². The van der Waals surface area contributed by atoms with E-state index in [0.29, 0.717) is 18.3 Å². The fourth-order valence-electron chi connectivity index (χ4n) is 2.38. The zero-order valence-corrected chi connectivity index (χ0v) is 12.6. The number of amides is 2. The molecule has 1 aromatic heterocycles. The molecule has 2 amide bonds. The lowest BCUT2D eigenvalue weighted by Crippen LogP contribution is -2.45. The predicted molar refractivity (Wildman–Crippen MR) is 78.5 cm³/mol. The van der Waals surface area contributed by atoms with Gasteiger partial charge in [0.25, 0.3) is 0 Å². The van der Waals surface area contributed by atoms with E-state index >= 15 is 0 Å². The van der Waals surface area contributed by atoms with Crippen LogP contribution in [-0.2, 0) is 6.54 Å². The number of aromatic carboxylic acids is 1. The number of nitrogens with zero attached hydrogens (tertiary/aromatic N) is 3. The number of rotatable bonds is 6. The molecule has 0 radical (unpaired) electrons. The summed E-state index contributed by atoms with van der Waals surface area (Å²) < 4.78 is 1.39. The maximum Gasteiger partial charge on any atom is 0.358 e. The first-order valence-corrected chi connectivity index (χ1v) is 8.09. The van der Waals surface area contributed by atoms with Gasteiger partial charge in [0.15, 0.2) is 5.69 Å². The van der Waals surface area contributed by atoms with Crippen LogP contribution in [0.1, 0.15) is 29.8 Å². The van der Waals surface area contributed by atoms with Crippen molar-refractivity contribution in [2.75, 3.05) is 12.8 Å². The molecule has 2 atom stereocenters. The summed E-state index contributed by atoms with van der Waals surface area (Å²) in [5, 5.41) is 22.1. The van der Waals surface area contributed by atoms with Gasteiger partial charge in [-0.1, -0.05) is 11.6 Å². The molecular weight excluding hydrogens is 294 g/mol. The van der Waals surface area contributed by atoms with E-state index in [1.807, 2.05) is 0 Å². The summed E-state index contributed by atoms with van der Waals surface area (Å²) in [4.78, 5) is 22.4. The molecule has 0 spiro atoms. The van der Waals surface area contributed by atoms with Gasteiger partial charge in [0, 0.05) is 17.8 Å². The van der Waals surface area contributed by atoms with Crippen molar-refractivity contribution in [3.63, 3.8) is 0 Å². The maximum absolute atomic E-state index is 11.8. The van der Waals surface area contributed by atoms with Gasteiger partial charge in [0.1, 0.15) is 0 Å². The molecule has 116 valence electrons. The van der Waals surface area contributed by atoms with Crippen LogP contribution in [0, 0.1) is 0 Å². The Hall–Kier alpha value is -1.77. The van der Waals surface area contributed by atoms with E-state index in [-0.39, 0.29) is 17.8 Å². The first kappa shape index (κ1) is 15.6. The molecule has 0 bridgehead atoms. The number of nitrogens with one attached hydrogen (secondary N) is 2. The van der Waals surface area contributed by atoms with Crippen LogP contribution in [-0.4, -0.2) is 56.2 Å². The van der Waals surface area contributed by atoms with E-state index in [9.17, 15) is 9.59 Å². The minimum Gasteiger partial charge on any atom is -0.476 e. The second-order valence-electron chi connectivity index (χ2n) is 4.88. The van der Waals surface area contributed by atoms with Gasteiger partial charge in [-0.3, -0.25) is 0 Å². The average Bonchev–Trinajstić information content (AvgIpc) is 3.07. The lowest BCUT2D eigenvalue weighted by molar-refractivity contribution is 0.0690. The average molecular weight is 313 g/mol. The molecule has 1 aliphatic carbocycles. The van der Waals surface area contributed by atoms with Gasteiger partial charge in [-0.25, -0.2) is 14.3 Å². The van der Waals surface area contributed by atoms with Crippen LogP contribution >= 0.6 is 11.8 Å². The standard InChI is InChI=1S/C12H19N5O3S/c1-21-10-4-2-3-8(10)14-12(20)13-5-6-17-7-9(11(18)19)15-16-17/h7-8,10H,2-6H2,1H3,(H,18,19)(H2,13,14,20). The topological polar surface area (TPSA) is 109 Å². The van der Waals surface area contributed by atoms with Crippen LogP contribution in [0.25, 0.3) is 0 Å². The number of thioether (sulfide) groups is 1. The van der Waals surface area contributed by atoms with E-state index in [0.717, 1.165) is 19.3 Å². The highest BCUT2D eigenvalue weighted by atomic mass is 32.2. The Morgan fingerprint density at radius 2 is 2.33 bits per heavy atom. The van der Waals surface area contributed by atoms with Crippen molar-refractivity contribution < 1.29 is 14.7 Å².